The van der Waals surface area contributed by atoms with Gasteiger partial charge in [-0.3, -0.25) is 0 Å². The predicted molar refractivity (Wildman–Crippen MR) is 78.3 cm³/mol. The molecule has 1 atom stereocenters. The first-order valence-corrected chi connectivity index (χ1v) is 7.07. The fraction of sp³-hybridized carbons (Fsp3) is 0.625. The van der Waals surface area contributed by atoms with E-state index in [4.69, 9.17) is 4.74 Å². The van der Waals surface area contributed by atoms with Crippen LogP contribution in [-0.2, 0) is 6.42 Å². The van der Waals surface area contributed by atoms with Crippen LogP contribution >= 0.6 is 0 Å². The summed E-state index contributed by atoms with van der Waals surface area (Å²) in [7, 11) is 3.75. The van der Waals surface area contributed by atoms with E-state index in [1.54, 1.807) is 7.11 Å². The monoisotopic (exact) mass is 249 g/mol. The van der Waals surface area contributed by atoms with Crippen molar-refractivity contribution in [2.24, 2.45) is 5.92 Å². The zero-order valence-corrected chi connectivity index (χ0v) is 12.0. The Bertz CT molecular complexity index is 307. The maximum Gasteiger partial charge on any atom is 0.118 e. The van der Waals surface area contributed by atoms with Gasteiger partial charge in [-0.15, -0.1) is 0 Å². The Morgan fingerprint density at radius 2 is 1.89 bits per heavy atom. The molecule has 1 unspecified atom stereocenters. The third-order valence-electron chi connectivity index (χ3n) is 3.39. The molecule has 0 spiro atoms. The minimum absolute atomic E-state index is 0.745. The van der Waals surface area contributed by atoms with Crippen LogP contribution in [0.2, 0.25) is 0 Å². The lowest BCUT2D eigenvalue weighted by Gasteiger charge is -2.16. The summed E-state index contributed by atoms with van der Waals surface area (Å²) in [5, 5.41) is 3.31. The van der Waals surface area contributed by atoms with Crippen molar-refractivity contribution < 1.29 is 4.74 Å². The predicted octanol–water partition coefficient (Wildman–Crippen LogP) is 3.65. The summed E-state index contributed by atoms with van der Waals surface area (Å²) >= 11 is 0. The SMILES string of the molecule is CCCCCC(CNC)Cc1ccc(OC)cc1. The lowest BCUT2D eigenvalue weighted by atomic mass is 9.93. The van der Waals surface area contributed by atoms with Gasteiger partial charge in [-0.1, -0.05) is 38.3 Å². The number of ether oxygens (including phenoxy) is 1. The molecule has 1 rings (SSSR count). The van der Waals surface area contributed by atoms with Crippen molar-refractivity contribution in [1.82, 2.24) is 5.32 Å². The van der Waals surface area contributed by atoms with Crippen molar-refractivity contribution in [3.05, 3.63) is 29.8 Å². The average molecular weight is 249 g/mol. The summed E-state index contributed by atoms with van der Waals surface area (Å²) in [5.41, 5.74) is 1.41. The van der Waals surface area contributed by atoms with Gasteiger partial charge < -0.3 is 10.1 Å². The molecule has 18 heavy (non-hydrogen) atoms. The zero-order valence-electron chi connectivity index (χ0n) is 12.0. The summed E-state index contributed by atoms with van der Waals surface area (Å²) in [6.07, 6.45) is 6.48. The van der Waals surface area contributed by atoms with Gasteiger partial charge in [-0.05, 0) is 50.0 Å². The van der Waals surface area contributed by atoms with Crippen molar-refractivity contribution in [3.8, 4) is 5.75 Å². The van der Waals surface area contributed by atoms with Crippen molar-refractivity contribution in [1.29, 1.82) is 0 Å². The third-order valence-corrected chi connectivity index (χ3v) is 3.39. The first-order chi connectivity index (χ1) is 8.80. The smallest absolute Gasteiger partial charge is 0.118 e. The van der Waals surface area contributed by atoms with Crippen LogP contribution in [0, 0.1) is 5.92 Å². The molecular weight excluding hydrogens is 222 g/mol. The van der Waals surface area contributed by atoms with E-state index in [0.29, 0.717) is 0 Å². The van der Waals surface area contributed by atoms with E-state index in [2.05, 4.69) is 36.5 Å². The molecule has 0 aromatic heterocycles. The van der Waals surface area contributed by atoms with E-state index in [1.165, 1.54) is 31.2 Å². The second-order valence-electron chi connectivity index (χ2n) is 4.97. The highest BCUT2D eigenvalue weighted by molar-refractivity contribution is 5.27. The standard InChI is InChI=1S/C16H27NO/c1-4-5-6-7-15(13-17-2)12-14-8-10-16(18-3)11-9-14/h8-11,15,17H,4-7,12-13H2,1-3H3. The largest absolute Gasteiger partial charge is 0.497 e. The molecule has 0 bridgehead atoms. The molecule has 0 aliphatic heterocycles. The molecule has 102 valence electrons. The van der Waals surface area contributed by atoms with E-state index >= 15 is 0 Å². The average Bonchev–Trinajstić information content (AvgIpc) is 2.40. The first-order valence-electron chi connectivity index (χ1n) is 7.07. The van der Waals surface area contributed by atoms with E-state index in [-0.39, 0.29) is 0 Å². The van der Waals surface area contributed by atoms with Crippen LogP contribution < -0.4 is 10.1 Å². The number of rotatable bonds is 9. The molecule has 0 fully saturated rings. The van der Waals surface area contributed by atoms with Gasteiger partial charge in [-0.25, -0.2) is 0 Å². The Hall–Kier alpha value is -1.02. The fourth-order valence-electron chi connectivity index (χ4n) is 2.34. The number of nitrogens with one attached hydrogen (secondary N) is 1. The number of unbranched alkanes of at least 4 members (excludes halogenated alkanes) is 2. The summed E-state index contributed by atoms with van der Waals surface area (Å²) in [4.78, 5) is 0. The van der Waals surface area contributed by atoms with Crippen LogP contribution in [0.15, 0.2) is 24.3 Å². The molecule has 1 aromatic rings. The second-order valence-corrected chi connectivity index (χ2v) is 4.97. The lowest BCUT2D eigenvalue weighted by Crippen LogP contribution is -2.20. The molecule has 0 heterocycles. The molecule has 0 aliphatic carbocycles. The second kappa shape index (κ2) is 8.98. The van der Waals surface area contributed by atoms with Gasteiger partial charge in [-0.2, -0.15) is 0 Å². The van der Waals surface area contributed by atoms with E-state index in [0.717, 1.165) is 24.6 Å². The van der Waals surface area contributed by atoms with Crippen molar-refractivity contribution >= 4 is 0 Å². The lowest BCUT2D eigenvalue weighted by molar-refractivity contribution is 0.413. The first kappa shape index (κ1) is 15.0. The minimum atomic E-state index is 0.745. The van der Waals surface area contributed by atoms with Crippen LogP contribution in [0.4, 0.5) is 0 Å². The summed E-state index contributed by atoms with van der Waals surface area (Å²) in [6.45, 7) is 3.37. The van der Waals surface area contributed by atoms with Crippen LogP contribution in [-0.4, -0.2) is 20.7 Å². The van der Waals surface area contributed by atoms with Gasteiger partial charge in [0.25, 0.3) is 0 Å². The number of hydrogen-bond acceptors (Lipinski definition) is 2. The van der Waals surface area contributed by atoms with Gasteiger partial charge in [0.15, 0.2) is 0 Å². The molecule has 0 aliphatic rings. The summed E-state index contributed by atoms with van der Waals surface area (Å²) in [6, 6.07) is 8.47. The maximum atomic E-state index is 5.19. The summed E-state index contributed by atoms with van der Waals surface area (Å²) in [5.74, 6) is 1.69. The van der Waals surface area contributed by atoms with Crippen LogP contribution in [0.3, 0.4) is 0 Å². The van der Waals surface area contributed by atoms with Crippen molar-refractivity contribution in [2.45, 2.75) is 39.0 Å². The van der Waals surface area contributed by atoms with E-state index in [1.807, 2.05) is 7.05 Å². The Kier molecular flexibility index (Phi) is 7.51. The Morgan fingerprint density at radius 1 is 1.17 bits per heavy atom. The zero-order chi connectivity index (χ0) is 13.2. The van der Waals surface area contributed by atoms with E-state index in [9.17, 15) is 0 Å². The van der Waals surface area contributed by atoms with Crippen LogP contribution in [0.5, 0.6) is 5.75 Å². The van der Waals surface area contributed by atoms with Gasteiger partial charge in [0.05, 0.1) is 7.11 Å². The van der Waals surface area contributed by atoms with Crippen molar-refractivity contribution in [2.75, 3.05) is 20.7 Å². The topological polar surface area (TPSA) is 21.3 Å². The molecule has 2 heteroatoms. The third kappa shape index (κ3) is 5.54. The van der Waals surface area contributed by atoms with Gasteiger partial charge >= 0.3 is 0 Å². The normalized spacial score (nSPS) is 12.4. The molecule has 0 saturated heterocycles. The maximum absolute atomic E-state index is 5.19. The highest BCUT2D eigenvalue weighted by Crippen LogP contribution is 2.18. The van der Waals surface area contributed by atoms with Crippen LogP contribution in [0.1, 0.15) is 38.2 Å². The molecule has 1 aromatic carbocycles. The van der Waals surface area contributed by atoms with Gasteiger partial charge in [0.2, 0.25) is 0 Å². The Balaban J connectivity index is 2.47. The number of hydrogen-bond donors (Lipinski definition) is 1. The van der Waals surface area contributed by atoms with Gasteiger partial charge in [0, 0.05) is 0 Å². The highest BCUT2D eigenvalue weighted by Gasteiger charge is 2.08. The molecule has 0 saturated carbocycles. The minimum Gasteiger partial charge on any atom is -0.497 e. The molecular formula is C16H27NO. The van der Waals surface area contributed by atoms with E-state index < -0.39 is 0 Å². The molecule has 0 radical (unpaired) electrons. The molecule has 1 N–H and O–H groups in total. The Morgan fingerprint density at radius 3 is 2.44 bits per heavy atom. The van der Waals surface area contributed by atoms with Crippen molar-refractivity contribution in [3.63, 3.8) is 0 Å². The van der Waals surface area contributed by atoms with Gasteiger partial charge in [0.1, 0.15) is 5.75 Å². The number of benzene rings is 1. The quantitative estimate of drug-likeness (QED) is 0.674. The van der Waals surface area contributed by atoms with Crippen LogP contribution in [0.25, 0.3) is 0 Å². The molecule has 0 amide bonds. The summed E-state index contributed by atoms with van der Waals surface area (Å²) < 4.78 is 5.19. The highest BCUT2D eigenvalue weighted by atomic mass is 16.5. The number of methoxy groups -OCH3 is 1. The Labute approximate surface area is 112 Å². The molecule has 2 nitrogen and oxygen atoms in total. The fourth-order valence-corrected chi connectivity index (χ4v) is 2.34.